The van der Waals surface area contributed by atoms with Gasteiger partial charge in [-0.3, -0.25) is 9.89 Å². The van der Waals surface area contributed by atoms with Crippen LogP contribution in [-0.4, -0.2) is 27.3 Å². The molecule has 6 heteroatoms. The fraction of sp³-hybridized carbons (Fsp3) is 0.176. The van der Waals surface area contributed by atoms with Crippen molar-refractivity contribution < 1.29 is 9.90 Å². The number of halogens is 1. The van der Waals surface area contributed by atoms with Gasteiger partial charge in [0.2, 0.25) is 0 Å². The number of hydrogen-bond acceptors (Lipinski definition) is 3. The SMILES string of the molecule is CC(Cc1n[nH]c2cc(Cl)ccc12)NC(=O)c1ccccc1O. The number of hydrogen-bond donors (Lipinski definition) is 3. The molecule has 0 spiro atoms. The molecule has 2 aromatic carbocycles. The van der Waals surface area contributed by atoms with E-state index in [9.17, 15) is 9.90 Å². The fourth-order valence-corrected chi connectivity index (χ4v) is 2.68. The molecule has 3 aromatic rings. The smallest absolute Gasteiger partial charge is 0.255 e. The van der Waals surface area contributed by atoms with E-state index >= 15 is 0 Å². The molecule has 0 radical (unpaired) electrons. The Balaban J connectivity index is 1.72. The van der Waals surface area contributed by atoms with Crippen molar-refractivity contribution in [2.24, 2.45) is 0 Å². The minimum atomic E-state index is -0.307. The molecule has 118 valence electrons. The third kappa shape index (κ3) is 3.29. The monoisotopic (exact) mass is 329 g/mol. The average molecular weight is 330 g/mol. The molecule has 0 saturated heterocycles. The number of para-hydroxylation sites is 1. The van der Waals surface area contributed by atoms with Crippen LogP contribution in [0.25, 0.3) is 10.9 Å². The standard InChI is InChI=1S/C17H16ClN3O2/c1-10(19-17(23)13-4-2-3-5-16(13)22)8-14-12-7-6-11(18)9-15(12)21-20-14/h2-7,9-10,22H,8H2,1H3,(H,19,23)(H,20,21). The van der Waals surface area contributed by atoms with Crippen molar-refractivity contribution in [2.75, 3.05) is 0 Å². The third-order valence-electron chi connectivity index (χ3n) is 3.63. The van der Waals surface area contributed by atoms with Crippen LogP contribution in [0.3, 0.4) is 0 Å². The van der Waals surface area contributed by atoms with Crippen LogP contribution < -0.4 is 5.32 Å². The van der Waals surface area contributed by atoms with Crippen molar-refractivity contribution >= 4 is 28.4 Å². The number of phenolic OH excluding ortho intramolecular Hbond substituents is 1. The molecular formula is C17H16ClN3O2. The van der Waals surface area contributed by atoms with Gasteiger partial charge in [-0.05, 0) is 37.3 Å². The number of phenols is 1. The first kappa shape index (κ1) is 15.4. The van der Waals surface area contributed by atoms with Crippen LogP contribution in [0.2, 0.25) is 5.02 Å². The van der Waals surface area contributed by atoms with E-state index in [2.05, 4.69) is 15.5 Å². The number of nitrogens with zero attached hydrogens (tertiary/aromatic N) is 1. The van der Waals surface area contributed by atoms with Crippen molar-refractivity contribution in [1.29, 1.82) is 0 Å². The van der Waals surface area contributed by atoms with Crippen molar-refractivity contribution in [2.45, 2.75) is 19.4 Å². The van der Waals surface area contributed by atoms with Gasteiger partial charge in [0.25, 0.3) is 5.91 Å². The normalized spacial score (nSPS) is 12.3. The molecule has 3 rings (SSSR count). The first-order chi connectivity index (χ1) is 11.0. The van der Waals surface area contributed by atoms with E-state index in [-0.39, 0.29) is 23.3 Å². The van der Waals surface area contributed by atoms with Gasteiger partial charge in [0.05, 0.1) is 16.8 Å². The van der Waals surface area contributed by atoms with Crippen LogP contribution >= 0.6 is 11.6 Å². The van der Waals surface area contributed by atoms with Crippen LogP contribution in [0.4, 0.5) is 0 Å². The molecule has 0 aliphatic rings. The van der Waals surface area contributed by atoms with Crippen LogP contribution in [0.1, 0.15) is 23.0 Å². The predicted octanol–water partition coefficient (Wildman–Crippen LogP) is 3.28. The Labute approximate surface area is 138 Å². The number of nitrogens with one attached hydrogen (secondary N) is 2. The topological polar surface area (TPSA) is 78.0 Å². The number of aromatic amines is 1. The number of aromatic hydroxyl groups is 1. The minimum Gasteiger partial charge on any atom is -0.507 e. The summed E-state index contributed by atoms with van der Waals surface area (Å²) in [5.41, 5.74) is 1.99. The number of fused-ring (bicyclic) bond motifs is 1. The number of aromatic nitrogens is 2. The first-order valence-corrected chi connectivity index (χ1v) is 7.64. The summed E-state index contributed by atoms with van der Waals surface area (Å²) in [7, 11) is 0. The Bertz CT molecular complexity index is 860. The van der Waals surface area contributed by atoms with Crippen molar-refractivity contribution in [3.05, 3.63) is 58.7 Å². The molecule has 5 nitrogen and oxygen atoms in total. The summed E-state index contributed by atoms with van der Waals surface area (Å²) in [6.45, 7) is 1.90. The summed E-state index contributed by atoms with van der Waals surface area (Å²) in [6.07, 6.45) is 0.570. The lowest BCUT2D eigenvalue weighted by molar-refractivity contribution is 0.0937. The highest BCUT2D eigenvalue weighted by Gasteiger charge is 2.15. The summed E-state index contributed by atoms with van der Waals surface area (Å²) in [5, 5.41) is 21.5. The minimum absolute atomic E-state index is 0.0305. The average Bonchev–Trinajstić information content (AvgIpc) is 2.89. The summed E-state index contributed by atoms with van der Waals surface area (Å²) in [4.78, 5) is 12.2. The number of amides is 1. The Hall–Kier alpha value is -2.53. The molecular weight excluding hydrogens is 314 g/mol. The highest BCUT2D eigenvalue weighted by atomic mass is 35.5. The maximum Gasteiger partial charge on any atom is 0.255 e. The number of rotatable bonds is 4. The number of benzene rings is 2. The molecule has 0 saturated carbocycles. The maximum absolute atomic E-state index is 12.2. The van der Waals surface area contributed by atoms with Crippen molar-refractivity contribution in [3.63, 3.8) is 0 Å². The molecule has 0 bridgehead atoms. The van der Waals surface area contributed by atoms with Gasteiger partial charge in [-0.15, -0.1) is 0 Å². The lowest BCUT2D eigenvalue weighted by atomic mass is 10.1. The highest BCUT2D eigenvalue weighted by Crippen LogP contribution is 2.21. The van der Waals surface area contributed by atoms with Gasteiger partial charge in [-0.2, -0.15) is 5.10 Å². The molecule has 1 aromatic heterocycles. The summed E-state index contributed by atoms with van der Waals surface area (Å²) in [5.74, 6) is -0.337. The van der Waals surface area contributed by atoms with E-state index in [4.69, 9.17) is 11.6 Å². The van der Waals surface area contributed by atoms with Gasteiger partial charge >= 0.3 is 0 Å². The van der Waals surface area contributed by atoms with Crippen LogP contribution in [0.5, 0.6) is 5.75 Å². The molecule has 1 unspecified atom stereocenters. The zero-order valence-corrected chi connectivity index (χ0v) is 13.3. The molecule has 3 N–H and O–H groups in total. The van der Waals surface area contributed by atoms with Crippen molar-refractivity contribution in [1.82, 2.24) is 15.5 Å². The van der Waals surface area contributed by atoms with E-state index in [0.29, 0.717) is 11.4 Å². The van der Waals surface area contributed by atoms with E-state index in [1.807, 2.05) is 25.1 Å². The predicted molar refractivity (Wildman–Crippen MR) is 89.8 cm³/mol. The van der Waals surface area contributed by atoms with Gasteiger partial charge < -0.3 is 10.4 Å². The van der Waals surface area contributed by atoms with Crippen LogP contribution in [0, 0.1) is 0 Å². The molecule has 1 atom stereocenters. The Morgan fingerprint density at radius 1 is 1.35 bits per heavy atom. The zero-order chi connectivity index (χ0) is 16.4. The van der Waals surface area contributed by atoms with Gasteiger partial charge in [-0.1, -0.05) is 23.7 Å². The molecule has 0 fully saturated rings. The van der Waals surface area contributed by atoms with E-state index in [1.54, 1.807) is 18.2 Å². The highest BCUT2D eigenvalue weighted by molar-refractivity contribution is 6.31. The third-order valence-corrected chi connectivity index (χ3v) is 3.86. The molecule has 23 heavy (non-hydrogen) atoms. The van der Waals surface area contributed by atoms with Gasteiger partial charge in [0, 0.05) is 22.9 Å². The number of H-pyrrole nitrogens is 1. The van der Waals surface area contributed by atoms with Crippen LogP contribution in [-0.2, 0) is 6.42 Å². The molecule has 0 aliphatic carbocycles. The van der Waals surface area contributed by atoms with Crippen LogP contribution in [0.15, 0.2) is 42.5 Å². The Kier molecular flexibility index (Phi) is 4.21. The fourth-order valence-electron chi connectivity index (χ4n) is 2.51. The molecule has 1 heterocycles. The molecule has 0 aliphatic heterocycles. The zero-order valence-electron chi connectivity index (χ0n) is 12.5. The van der Waals surface area contributed by atoms with Gasteiger partial charge in [0.1, 0.15) is 5.75 Å². The Morgan fingerprint density at radius 2 is 2.13 bits per heavy atom. The maximum atomic E-state index is 12.2. The second-order valence-electron chi connectivity index (χ2n) is 5.46. The quantitative estimate of drug-likeness (QED) is 0.687. The lowest BCUT2D eigenvalue weighted by Crippen LogP contribution is -2.34. The number of carbonyl (C=O) groups is 1. The Morgan fingerprint density at radius 3 is 2.91 bits per heavy atom. The van der Waals surface area contributed by atoms with Crippen molar-refractivity contribution in [3.8, 4) is 5.75 Å². The summed E-state index contributed by atoms with van der Waals surface area (Å²) >= 11 is 5.96. The summed E-state index contributed by atoms with van der Waals surface area (Å²) in [6, 6.07) is 11.9. The number of carbonyl (C=O) groups excluding carboxylic acids is 1. The van der Waals surface area contributed by atoms with E-state index in [1.165, 1.54) is 6.07 Å². The van der Waals surface area contributed by atoms with E-state index < -0.39 is 0 Å². The van der Waals surface area contributed by atoms with E-state index in [0.717, 1.165) is 16.6 Å². The van der Waals surface area contributed by atoms with Gasteiger partial charge in [0.15, 0.2) is 0 Å². The first-order valence-electron chi connectivity index (χ1n) is 7.26. The second kappa shape index (κ2) is 6.30. The largest absolute Gasteiger partial charge is 0.507 e. The van der Waals surface area contributed by atoms with Gasteiger partial charge in [-0.25, -0.2) is 0 Å². The second-order valence-corrected chi connectivity index (χ2v) is 5.89. The summed E-state index contributed by atoms with van der Waals surface area (Å²) < 4.78 is 0. The molecule has 1 amide bonds. The lowest BCUT2D eigenvalue weighted by Gasteiger charge is -2.13.